The van der Waals surface area contributed by atoms with Gasteiger partial charge in [0.05, 0.1) is 7.11 Å². The quantitative estimate of drug-likeness (QED) is 0.560. The van der Waals surface area contributed by atoms with Crippen molar-refractivity contribution in [3.8, 4) is 11.5 Å². The number of aryl methyl sites for hydroxylation is 2. The Morgan fingerprint density at radius 1 is 0.839 bits per heavy atom. The van der Waals surface area contributed by atoms with Crippen molar-refractivity contribution in [3.63, 3.8) is 0 Å². The van der Waals surface area contributed by atoms with Crippen LogP contribution < -0.4 is 20.1 Å². The number of hydrogen-bond donors (Lipinski definition) is 2. The highest BCUT2D eigenvalue weighted by atomic mass is 16.5. The first-order valence-corrected chi connectivity index (χ1v) is 9.91. The molecule has 3 rings (SSSR count). The van der Waals surface area contributed by atoms with Crippen molar-refractivity contribution >= 4 is 23.2 Å². The van der Waals surface area contributed by atoms with Crippen LogP contribution in [0.5, 0.6) is 11.5 Å². The van der Waals surface area contributed by atoms with Gasteiger partial charge in [-0.2, -0.15) is 0 Å². The van der Waals surface area contributed by atoms with Gasteiger partial charge in [-0.15, -0.1) is 0 Å². The van der Waals surface area contributed by atoms with Crippen molar-refractivity contribution in [2.45, 2.75) is 27.4 Å². The van der Waals surface area contributed by atoms with E-state index in [1.807, 2.05) is 26.0 Å². The number of amides is 2. The van der Waals surface area contributed by atoms with Gasteiger partial charge in [0.15, 0.2) is 0 Å². The Bertz CT molecular complexity index is 1070. The van der Waals surface area contributed by atoms with Crippen molar-refractivity contribution in [2.75, 3.05) is 17.7 Å². The minimum atomic E-state index is -0.248. The number of carbonyl (C=O) groups excluding carboxylic acids is 2. The standard InChI is InChI=1S/C25H26N2O4/c1-16-11-17(2)13-23(12-16)31-15-20-14-19(5-10-24(20)30-4)25(29)27-22-8-6-21(7-9-22)26-18(3)28/h5-14H,15H2,1-4H3,(H,26,28)(H,27,29). The van der Waals surface area contributed by atoms with Crippen LogP contribution in [0, 0.1) is 13.8 Å². The van der Waals surface area contributed by atoms with E-state index in [4.69, 9.17) is 9.47 Å². The predicted octanol–water partition coefficient (Wildman–Crippen LogP) is 5.10. The summed E-state index contributed by atoms with van der Waals surface area (Å²) in [5.41, 5.74) is 4.81. The summed E-state index contributed by atoms with van der Waals surface area (Å²) in [4.78, 5) is 23.9. The SMILES string of the molecule is COc1ccc(C(=O)Nc2ccc(NC(C)=O)cc2)cc1COc1cc(C)cc(C)c1. The van der Waals surface area contributed by atoms with Crippen LogP contribution in [-0.2, 0) is 11.4 Å². The fourth-order valence-electron chi connectivity index (χ4n) is 3.25. The van der Waals surface area contributed by atoms with E-state index in [0.717, 1.165) is 22.4 Å². The van der Waals surface area contributed by atoms with Gasteiger partial charge in [0.25, 0.3) is 5.91 Å². The molecule has 0 aliphatic rings. The monoisotopic (exact) mass is 418 g/mol. The molecule has 3 aromatic carbocycles. The van der Waals surface area contributed by atoms with Crippen LogP contribution in [0.2, 0.25) is 0 Å². The first-order valence-electron chi connectivity index (χ1n) is 9.91. The predicted molar refractivity (Wildman–Crippen MR) is 122 cm³/mol. The molecule has 0 bridgehead atoms. The highest BCUT2D eigenvalue weighted by Crippen LogP contribution is 2.24. The van der Waals surface area contributed by atoms with E-state index in [1.54, 1.807) is 49.6 Å². The molecule has 31 heavy (non-hydrogen) atoms. The molecule has 0 radical (unpaired) electrons. The van der Waals surface area contributed by atoms with Crippen molar-refractivity contribution in [1.82, 2.24) is 0 Å². The third kappa shape index (κ3) is 6.09. The van der Waals surface area contributed by atoms with Gasteiger partial charge in [0.1, 0.15) is 18.1 Å². The molecular formula is C25H26N2O4. The zero-order valence-electron chi connectivity index (χ0n) is 18.1. The fourth-order valence-corrected chi connectivity index (χ4v) is 3.25. The summed E-state index contributed by atoms with van der Waals surface area (Å²) in [5.74, 6) is 1.03. The molecule has 2 amide bonds. The van der Waals surface area contributed by atoms with Gasteiger partial charge in [0.2, 0.25) is 5.91 Å². The molecule has 3 aromatic rings. The van der Waals surface area contributed by atoms with Crippen molar-refractivity contribution in [2.24, 2.45) is 0 Å². The molecule has 160 valence electrons. The largest absolute Gasteiger partial charge is 0.496 e. The highest BCUT2D eigenvalue weighted by Gasteiger charge is 2.12. The zero-order valence-corrected chi connectivity index (χ0v) is 18.1. The summed E-state index contributed by atoms with van der Waals surface area (Å²) in [6, 6.07) is 18.2. The number of hydrogen-bond acceptors (Lipinski definition) is 4. The fraction of sp³-hybridized carbons (Fsp3) is 0.200. The maximum Gasteiger partial charge on any atom is 0.255 e. The van der Waals surface area contributed by atoms with Gasteiger partial charge in [0, 0.05) is 29.4 Å². The minimum Gasteiger partial charge on any atom is -0.496 e. The first-order chi connectivity index (χ1) is 14.8. The van der Waals surface area contributed by atoms with Crippen molar-refractivity contribution in [3.05, 3.63) is 82.9 Å². The average Bonchev–Trinajstić information content (AvgIpc) is 2.72. The Kier molecular flexibility index (Phi) is 6.92. The second-order valence-electron chi connectivity index (χ2n) is 7.35. The smallest absolute Gasteiger partial charge is 0.255 e. The van der Waals surface area contributed by atoms with Crippen LogP contribution >= 0.6 is 0 Å². The van der Waals surface area contributed by atoms with Crippen LogP contribution in [0.3, 0.4) is 0 Å². The molecule has 0 unspecified atom stereocenters. The van der Waals surface area contributed by atoms with Gasteiger partial charge in [-0.25, -0.2) is 0 Å². The molecule has 0 aliphatic heterocycles. The normalized spacial score (nSPS) is 10.3. The summed E-state index contributed by atoms with van der Waals surface area (Å²) >= 11 is 0. The Morgan fingerprint density at radius 3 is 2.03 bits per heavy atom. The van der Waals surface area contributed by atoms with E-state index in [9.17, 15) is 9.59 Å². The third-order valence-corrected chi connectivity index (χ3v) is 4.60. The molecule has 2 N–H and O–H groups in total. The highest BCUT2D eigenvalue weighted by molar-refractivity contribution is 6.04. The van der Waals surface area contributed by atoms with Crippen molar-refractivity contribution in [1.29, 1.82) is 0 Å². The molecule has 0 fully saturated rings. The van der Waals surface area contributed by atoms with E-state index in [0.29, 0.717) is 22.7 Å². The number of ether oxygens (including phenoxy) is 2. The van der Waals surface area contributed by atoms with Crippen LogP contribution in [0.1, 0.15) is 34.0 Å². The van der Waals surface area contributed by atoms with E-state index < -0.39 is 0 Å². The zero-order chi connectivity index (χ0) is 22.4. The van der Waals surface area contributed by atoms with E-state index in [2.05, 4.69) is 16.7 Å². The Balaban J connectivity index is 1.72. The lowest BCUT2D eigenvalue weighted by atomic mass is 10.1. The summed E-state index contributed by atoms with van der Waals surface area (Å²) in [5, 5.41) is 5.55. The molecule has 0 aliphatic carbocycles. The Labute approximate surface area is 182 Å². The molecule has 0 atom stereocenters. The third-order valence-electron chi connectivity index (χ3n) is 4.60. The van der Waals surface area contributed by atoms with Gasteiger partial charge in [-0.05, 0) is 79.6 Å². The summed E-state index contributed by atoms with van der Waals surface area (Å²) in [6.07, 6.45) is 0. The van der Waals surface area contributed by atoms with Gasteiger partial charge >= 0.3 is 0 Å². The van der Waals surface area contributed by atoms with Gasteiger partial charge in [-0.1, -0.05) is 6.07 Å². The Hall–Kier alpha value is -3.80. The Morgan fingerprint density at radius 2 is 1.45 bits per heavy atom. The first kappa shape index (κ1) is 21.9. The van der Waals surface area contributed by atoms with E-state index in [1.165, 1.54) is 6.92 Å². The minimum absolute atomic E-state index is 0.148. The molecule has 0 aromatic heterocycles. The van der Waals surface area contributed by atoms with Crippen LogP contribution in [0.15, 0.2) is 60.7 Å². The number of carbonyl (C=O) groups is 2. The number of nitrogens with one attached hydrogen (secondary N) is 2. The number of benzene rings is 3. The number of anilines is 2. The summed E-state index contributed by atoms with van der Waals surface area (Å²) in [6.45, 7) is 5.77. The van der Waals surface area contributed by atoms with Gasteiger partial charge in [-0.3, -0.25) is 9.59 Å². The lowest BCUT2D eigenvalue weighted by Gasteiger charge is -2.13. The summed E-state index contributed by atoms with van der Waals surface area (Å²) in [7, 11) is 1.59. The molecule has 0 spiro atoms. The molecule has 6 nitrogen and oxygen atoms in total. The molecular weight excluding hydrogens is 392 g/mol. The van der Waals surface area contributed by atoms with Crippen LogP contribution in [0.25, 0.3) is 0 Å². The molecule has 0 saturated carbocycles. The van der Waals surface area contributed by atoms with Gasteiger partial charge < -0.3 is 20.1 Å². The van der Waals surface area contributed by atoms with Crippen molar-refractivity contribution < 1.29 is 19.1 Å². The van der Waals surface area contributed by atoms with Crippen LogP contribution in [-0.4, -0.2) is 18.9 Å². The maximum absolute atomic E-state index is 12.7. The number of rotatable bonds is 7. The number of methoxy groups -OCH3 is 1. The van der Waals surface area contributed by atoms with Crippen LogP contribution in [0.4, 0.5) is 11.4 Å². The molecule has 0 heterocycles. The second-order valence-corrected chi connectivity index (χ2v) is 7.35. The lowest BCUT2D eigenvalue weighted by Crippen LogP contribution is -2.13. The molecule has 0 saturated heterocycles. The average molecular weight is 418 g/mol. The molecule has 6 heteroatoms. The summed E-state index contributed by atoms with van der Waals surface area (Å²) < 4.78 is 11.4. The maximum atomic E-state index is 12.7. The topological polar surface area (TPSA) is 76.7 Å². The van der Waals surface area contributed by atoms with E-state index in [-0.39, 0.29) is 18.4 Å². The lowest BCUT2D eigenvalue weighted by molar-refractivity contribution is -0.114. The van der Waals surface area contributed by atoms with E-state index >= 15 is 0 Å². The second kappa shape index (κ2) is 9.80.